The number of hydrogen-bond donors (Lipinski definition) is 1. The fraction of sp³-hybridized carbons (Fsp3) is 0.333. The Kier molecular flexibility index (Phi) is 5.43. The van der Waals surface area contributed by atoms with Gasteiger partial charge in [0.15, 0.2) is 0 Å². The molecule has 2 aromatic rings. The first kappa shape index (κ1) is 16.1. The Morgan fingerprint density at radius 1 is 1.00 bits per heavy atom. The van der Waals surface area contributed by atoms with E-state index in [0.717, 1.165) is 10.2 Å². The van der Waals surface area contributed by atoms with Gasteiger partial charge in [-0.3, -0.25) is 0 Å². The van der Waals surface area contributed by atoms with Gasteiger partial charge in [-0.05, 0) is 60.0 Å². The van der Waals surface area contributed by atoms with E-state index in [9.17, 15) is 0 Å². The second-order valence-electron chi connectivity index (χ2n) is 5.42. The molecule has 0 amide bonds. The Morgan fingerprint density at radius 3 is 2.24 bits per heavy atom. The number of ether oxygens (including phenoxy) is 1. The van der Waals surface area contributed by atoms with Crippen LogP contribution >= 0.6 is 15.9 Å². The molecule has 112 valence electrons. The molecule has 0 aliphatic heterocycles. The summed E-state index contributed by atoms with van der Waals surface area (Å²) in [5.74, 6) is 0.859. The molecule has 0 saturated heterocycles. The van der Waals surface area contributed by atoms with Gasteiger partial charge in [-0.1, -0.05) is 35.9 Å². The summed E-state index contributed by atoms with van der Waals surface area (Å²) in [6.07, 6.45) is 0. The smallest absolute Gasteiger partial charge is 0.133 e. The van der Waals surface area contributed by atoms with Crippen molar-refractivity contribution in [3.63, 3.8) is 0 Å². The molecule has 0 spiro atoms. The summed E-state index contributed by atoms with van der Waals surface area (Å²) in [5.41, 5.74) is 3.85. The van der Waals surface area contributed by atoms with Gasteiger partial charge >= 0.3 is 0 Å². The fourth-order valence-electron chi connectivity index (χ4n) is 2.46. The van der Waals surface area contributed by atoms with E-state index in [2.05, 4.69) is 78.4 Å². The number of aryl methyl sites for hydroxylation is 1. The van der Waals surface area contributed by atoms with Crippen molar-refractivity contribution in [2.45, 2.75) is 32.9 Å². The molecule has 0 saturated carbocycles. The first-order chi connectivity index (χ1) is 10.0. The molecule has 0 aliphatic carbocycles. The van der Waals surface area contributed by atoms with Crippen LogP contribution in [0, 0.1) is 6.92 Å². The lowest BCUT2D eigenvalue weighted by molar-refractivity contribution is 0.411. The van der Waals surface area contributed by atoms with E-state index in [1.54, 1.807) is 7.11 Å². The Balaban J connectivity index is 2.10. The van der Waals surface area contributed by atoms with Crippen molar-refractivity contribution in [3.05, 3.63) is 63.6 Å². The largest absolute Gasteiger partial charge is 0.496 e. The second-order valence-corrected chi connectivity index (χ2v) is 6.27. The zero-order valence-electron chi connectivity index (χ0n) is 13.0. The number of benzene rings is 2. The van der Waals surface area contributed by atoms with Crippen LogP contribution in [0.5, 0.6) is 5.75 Å². The van der Waals surface area contributed by atoms with E-state index in [0.29, 0.717) is 6.04 Å². The maximum atomic E-state index is 5.28. The third kappa shape index (κ3) is 4.08. The maximum absolute atomic E-state index is 5.28. The van der Waals surface area contributed by atoms with Crippen molar-refractivity contribution in [1.29, 1.82) is 0 Å². The monoisotopic (exact) mass is 347 g/mol. The first-order valence-electron chi connectivity index (χ1n) is 7.17. The van der Waals surface area contributed by atoms with E-state index >= 15 is 0 Å². The van der Waals surface area contributed by atoms with Crippen LogP contribution in [0.1, 0.15) is 42.6 Å². The number of methoxy groups -OCH3 is 1. The minimum Gasteiger partial charge on any atom is -0.496 e. The van der Waals surface area contributed by atoms with Crippen molar-refractivity contribution in [2.24, 2.45) is 0 Å². The normalized spacial score (nSPS) is 13.8. The summed E-state index contributed by atoms with van der Waals surface area (Å²) < 4.78 is 6.26. The van der Waals surface area contributed by atoms with Crippen molar-refractivity contribution in [3.8, 4) is 5.75 Å². The Morgan fingerprint density at radius 2 is 1.67 bits per heavy atom. The molecule has 2 atom stereocenters. The third-order valence-corrected chi connectivity index (χ3v) is 4.34. The lowest BCUT2D eigenvalue weighted by Crippen LogP contribution is -2.22. The number of hydrogen-bond acceptors (Lipinski definition) is 2. The molecule has 2 nitrogen and oxygen atoms in total. The van der Waals surface area contributed by atoms with Crippen LogP contribution in [-0.4, -0.2) is 7.11 Å². The topological polar surface area (TPSA) is 21.3 Å². The van der Waals surface area contributed by atoms with E-state index in [1.165, 1.54) is 16.7 Å². The summed E-state index contributed by atoms with van der Waals surface area (Å²) >= 11 is 3.54. The number of nitrogens with one attached hydrogen (secondary N) is 1. The average molecular weight is 348 g/mol. The van der Waals surface area contributed by atoms with E-state index in [-0.39, 0.29) is 6.04 Å². The zero-order chi connectivity index (χ0) is 15.4. The highest BCUT2D eigenvalue weighted by molar-refractivity contribution is 9.10. The van der Waals surface area contributed by atoms with E-state index in [1.807, 2.05) is 6.07 Å². The second kappa shape index (κ2) is 7.10. The molecule has 0 heterocycles. The molecule has 0 fully saturated rings. The molecular formula is C18H22BrNO. The van der Waals surface area contributed by atoms with Crippen molar-refractivity contribution in [2.75, 3.05) is 7.11 Å². The summed E-state index contributed by atoms with van der Waals surface area (Å²) in [7, 11) is 1.68. The quantitative estimate of drug-likeness (QED) is 0.804. The average Bonchev–Trinajstić information content (AvgIpc) is 2.47. The van der Waals surface area contributed by atoms with Gasteiger partial charge in [0.1, 0.15) is 5.75 Å². The van der Waals surface area contributed by atoms with Crippen LogP contribution in [0.4, 0.5) is 0 Å². The van der Waals surface area contributed by atoms with Crippen molar-refractivity contribution < 1.29 is 4.74 Å². The molecule has 1 unspecified atom stereocenters. The number of halogens is 1. The fourth-order valence-corrected chi connectivity index (χ4v) is 3.02. The lowest BCUT2D eigenvalue weighted by atomic mass is 10.0. The van der Waals surface area contributed by atoms with Crippen molar-refractivity contribution >= 4 is 15.9 Å². The summed E-state index contributed by atoms with van der Waals surface area (Å²) in [6, 6.07) is 15.4. The molecule has 21 heavy (non-hydrogen) atoms. The van der Waals surface area contributed by atoms with Crippen LogP contribution in [0.3, 0.4) is 0 Å². The van der Waals surface area contributed by atoms with Gasteiger partial charge in [0.05, 0.1) is 11.6 Å². The van der Waals surface area contributed by atoms with Gasteiger partial charge in [0.25, 0.3) is 0 Å². The molecule has 1 N–H and O–H groups in total. The Labute approximate surface area is 135 Å². The number of rotatable bonds is 5. The summed E-state index contributed by atoms with van der Waals surface area (Å²) in [5, 5.41) is 3.64. The van der Waals surface area contributed by atoms with Crippen LogP contribution in [0.2, 0.25) is 0 Å². The molecule has 2 rings (SSSR count). The first-order valence-corrected chi connectivity index (χ1v) is 7.96. The highest BCUT2D eigenvalue weighted by Crippen LogP contribution is 2.29. The lowest BCUT2D eigenvalue weighted by Gasteiger charge is -2.21. The molecule has 0 aromatic heterocycles. The van der Waals surface area contributed by atoms with Crippen LogP contribution in [0.15, 0.2) is 46.9 Å². The molecule has 0 bridgehead atoms. The van der Waals surface area contributed by atoms with Crippen LogP contribution in [0.25, 0.3) is 0 Å². The Hall–Kier alpha value is -1.32. The van der Waals surface area contributed by atoms with E-state index < -0.39 is 0 Å². The molecular weight excluding hydrogens is 326 g/mol. The molecule has 3 heteroatoms. The Bertz CT molecular complexity index is 612. The van der Waals surface area contributed by atoms with Crippen molar-refractivity contribution in [1.82, 2.24) is 5.32 Å². The predicted octanol–water partition coefficient (Wildman–Crippen LogP) is 5.18. The van der Waals surface area contributed by atoms with Crippen LogP contribution < -0.4 is 10.1 Å². The molecule has 0 radical (unpaired) electrons. The standard InChI is InChI=1S/C18H22BrNO/c1-12-6-5-7-15(10-12)13(2)20-14(3)16-8-9-18(21-4)17(19)11-16/h5-11,13-14,20H,1-4H3/t13-,14?/m1/s1. The third-order valence-electron chi connectivity index (χ3n) is 3.72. The minimum absolute atomic E-state index is 0.266. The predicted molar refractivity (Wildman–Crippen MR) is 91.8 cm³/mol. The van der Waals surface area contributed by atoms with E-state index in [4.69, 9.17) is 4.74 Å². The summed E-state index contributed by atoms with van der Waals surface area (Å²) in [4.78, 5) is 0. The van der Waals surface area contributed by atoms with Gasteiger partial charge in [-0.15, -0.1) is 0 Å². The molecule has 0 aliphatic rings. The SMILES string of the molecule is COc1ccc(C(C)N[C@H](C)c2cccc(C)c2)cc1Br. The van der Waals surface area contributed by atoms with Gasteiger partial charge in [-0.2, -0.15) is 0 Å². The molecule has 2 aromatic carbocycles. The zero-order valence-corrected chi connectivity index (χ0v) is 14.6. The summed E-state index contributed by atoms with van der Waals surface area (Å²) in [6.45, 7) is 6.50. The highest BCUT2D eigenvalue weighted by atomic mass is 79.9. The van der Waals surface area contributed by atoms with Gasteiger partial charge in [0, 0.05) is 12.1 Å². The highest BCUT2D eigenvalue weighted by Gasteiger charge is 2.12. The van der Waals surface area contributed by atoms with Crippen LogP contribution in [-0.2, 0) is 0 Å². The minimum atomic E-state index is 0.266. The maximum Gasteiger partial charge on any atom is 0.133 e. The van der Waals surface area contributed by atoms with Gasteiger partial charge < -0.3 is 10.1 Å². The van der Waals surface area contributed by atoms with Gasteiger partial charge in [-0.25, -0.2) is 0 Å². The van der Waals surface area contributed by atoms with Gasteiger partial charge in [0.2, 0.25) is 0 Å².